The molecule has 0 saturated heterocycles. The Morgan fingerprint density at radius 1 is 1.38 bits per heavy atom. The molecule has 2 nitrogen and oxygen atoms in total. The summed E-state index contributed by atoms with van der Waals surface area (Å²) in [7, 11) is 1.93. The van der Waals surface area contributed by atoms with Crippen molar-refractivity contribution in [1.82, 2.24) is 10.3 Å². The van der Waals surface area contributed by atoms with E-state index < -0.39 is 0 Å². The van der Waals surface area contributed by atoms with Gasteiger partial charge < -0.3 is 5.32 Å². The number of halogens is 1. The minimum atomic E-state index is 0.803. The molecule has 1 aromatic rings. The lowest BCUT2D eigenvalue weighted by Gasteiger charge is -1.95. The van der Waals surface area contributed by atoms with Crippen molar-refractivity contribution in [3.05, 3.63) is 30.1 Å². The van der Waals surface area contributed by atoms with Gasteiger partial charge in [-0.05, 0) is 24.7 Å². The second-order valence-corrected chi connectivity index (χ2v) is 5.39. The number of hydrogen-bond acceptors (Lipinski definition) is 2. The van der Waals surface area contributed by atoms with Crippen molar-refractivity contribution in [3.8, 4) is 0 Å². The van der Waals surface area contributed by atoms with Gasteiger partial charge in [-0.25, -0.2) is 0 Å². The highest BCUT2D eigenvalue weighted by atomic mass is 127. The molecule has 0 bridgehead atoms. The number of hydrogen-bond donors (Lipinski definition) is 1. The van der Waals surface area contributed by atoms with E-state index in [1.165, 1.54) is 5.56 Å². The lowest BCUT2D eigenvalue weighted by Crippen LogP contribution is -2.04. The van der Waals surface area contributed by atoms with Gasteiger partial charge in [0.1, 0.15) is 0 Å². The van der Waals surface area contributed by atoms with E-state index in [4.69, 9.17) is 0 Å². The Morgan fingerprint density at radius 2 is 1.85 bits per heavy atom. The summed E-state index contributed by atoms with van der Waals surface area (Å²) in [5.41, 5.74) is 1.27. The maximum absolute atomic E-state index is 3.90. The van der Waals surface area contributed by atoms with E-state index >= 15 is 0 Å². The third-order valence-corrected chi connectivity index (χ3v) is 1.13. The van der Waals surface area contributed by atoms with Crippen LogP contribution < -0.4 is 5.32 Å². The van der Waals surface area contributed by atoms with E-state index in [-0.39, 0.29) is 0 Å². The molecule has 0 spiro atoms. The molecule has 1 rings (SSSR count). The van der Waals surface area contributed by atoms with Crippen LogP contribution in [0.1, 0.15) is 19.4 Å². The Bertz CT molecular complexity index is 197. The Kier molecular flexibility index (Phi) is 8.33. The SMILES string of the molecule is CC(C)I.CNCc1ccncc1. The van der Waals surface area contributed by atoms with Crippen LogP contribution in [0.15, 0.2) is 24.5 Å². The minimum Gasteiger partial charge on any atom is -0.316 e. The lowest BCUT2D eigenvalue weighted by atomic mass is 10.3. The zero-order chi connectivity index (χ0) is 10.1. The van der Waals surface area contributed by atoms with Gasteiger partial charge in [0.15, 0.2) is 0 Å². The van der Waals surface area contributed by atoms with Gasteiger partial charge in [-0.2, -0.15) is 0 Å². The van der Waals surface area contributed by atoms with E-state index in [0.717, 1.165) is 10.5 Å². The lowest BCUT2D eigenvalue weighted by molar-refractivity contribution is 0.816. The first-order valence-electron chi connectivity index (χ1n) is 4.34. The third-order valence-electron chi connectivity index (χ3n) is 1.13. The number of aromatic nitrogens is 1. The van der Waals surface area contributed by atoms with Crippen LogP contribution in [0.25, 0.3) is 0 Å². The van der Waals surface area contributed by atoms with Crippen LogP contribution in [0.3, 0.4) is 0 Å². The molecule has 1 aromatic heterocycles. The zero-order valence-corrected chi connectivity index (χ0v) is 10.6. The Morgan fingerprint density at radius 3 is 2.23 bits per heavy atom. The van der Waals surface area contributed by atoms with Crippen LogP contribution in [0.5, 0.6) is 0 Å². The predicted octanol–water partition coefficient (Wildman–Crippen LogP) is 2.63. The van der Waals surface area contributed by atoms with Crippen LogP contribution in [0.4, 0.5) is 0 Å². The first-order valence-corrected chi connectivity index (χ1v) is 5.59. The van der Waals surface area contributed by atoms with Crippen LogP contribution >= 0.6 is 22.6 Å². The molecule has 0 aliphatic carbocycles. The van der Waals surface area contributed by atoms with E-state index in [1.54, 1.807) is 12.4 Å². The second kappa shape index (κ2) is 8.44. The molecule has 74 valence electrons. The predicted molar refractivity (Wildman–Crippen MR) is 66.2 cm³/mol. The number of pyridine rings is 1. The average molecular weight is 292 g/mol. The summed E-state index contributed by atoms with van der Waals surface area (Å²) in [6, 6.07) is 3.99. The molecule has 0 unspecified atom stereocenters. The quantitative estimate of drug-likeness (QED) is 0.669. The highest BCUT2D eigenvalue weighted by molar-refractivity contribution is 14.1. The molecule has 0 saturated carbocycles. The Hall–Kier alpha value is -0.160. The standard InChI is InChI=1S/C7H10N2.C3H7I/c1-8-6-7-2-4-9-5-3-7;1-3(2)4/h2-5,8H,6H2,1H3;3H,1-2H3. The summed E-state index contributed by atoms with van der Waals surface area (Å²) in [4.78, 5) is 3.90. The summed E-state index contributed by atoms with van der Waals surface area (Å²) in [6.45, 7) is 5.23. The highest BCUT2D eigenvalue weighted by Gasteiger charge is 1.84. The molecular weight excluding hydrogens is 275 g/mol. The fraction of sp³-hybridized carbons (Fsp3) is 0.500. The van der Waals surface area contributed by atoms with E-state index in [0.29, 0.717) is 0 Å². The zero-order valence-electron chi connectivity index (χ0n) is 8.42. The summed E-state index contributed by atoms with van der Waals surface area (Å²) in [6.07, 6.45) is 3.60. The molecule has 0 aromatic carbocycles. The summed E-state index contributed by atoms with van der Waals surface area (Å²) < 4.78 is 0.803. The number of nitrogens with zero attached hydrogens (tertiary/aromatic N) is 1. The van der Waals surface area contributed by atoms with Crippen LogP contribution in [0, 0.1) is 0 Å². The minimum absolute atomic E-state index is 0.803. The summed E-state index contributed by atoms with van der Waals surface area (Å²) >= 11 is 2.34. The molecule has 0 amide bonds. The van der Waals surface area contributed by atoms with Crippen molar-refractivity contribution in [2.24, 2.45) is 0 Å². The van der Waals surface area contributed by atoms with Gasteiger partial charge in [-0.1, -0.05) is 36.4 Å². The van der Waals surface area contributed by atoms with Gasteiger partial charge in [0.25, 0.3) is 0 Å². The third kappa shape index (κ3) is 9.76. The molecule has 0 atom stereocenters. The number of alkyl halides is 1. The molecule has 3 heteroatoms. The first-order chi connectivity index (χ1) is 6.16. The van der Waals surface area contributed by atoms with Crippen molar-refractivity contribution in [3.63, 3.8) is 0 Å². The van der Waals surface area contributed by atoms with E-state index in [9.17, 15) is 0 Å². The highest BCUT2D eigenvalue weighted by Crippen LogP contribution is 1.93. The van der Waals surface area contributed by atoms with Crippen molar-refractivity contribution < 1.29 is 0 Å². The fourth-order valence-electron chi connectivity index (χ4n) is 0.705. The van der Waals surface area contributed by atoms with Gasteiger partial charge in [0.2, 0.25) is 0 Å². The van der Waals surface area contributed by atoms with Gasteiger partial charge in [0, 0.05) is 22.9 Å². The Labute approximate surface area is 94.3 Å². The molecular formula is C10H17IN2. The number of rotatable bonds is 2. The topological polar surface area (TPSA) is 24.9 Å². The first kappa shape index (κ1) is 12.8. The van der Waals surface area contributed by atoms with Gasteiger partial charge in [0.05, 0.1) is 0 Å². The second-order valence-electron chi connectivity index (χ2n) is 2.90. The molecule has 0 aliphatic heterocycles. The maximum atomic E-state index is 3.90. The molecule has 0 radical (unpaired) electrons. The normalized spacial score (nSPS) is 9.31. The monoisotopic (exact) mass is 292 g/mol. The van der Waals surface area contributed by atoms with Crippen molar-refractivity contribution in [2.75, 3.05) is 7.05 Å². The van der Waals surface area contributed by atoms with Crippen LogP contribution in [-0.4, -0.2) is 16.0 Å². The van der Waals surface area contributed by atoms with Crippen molar-refractivity contribution in [1.29, 1.82) is 0 Å². The van der Waals surface area contributed by atoms with Crippen LogP contribution in [0.2, 0.25) is 0 Å². The molecule has 1 heterocycles. The van der Waals surface area contributed by atoms with Crippen molar-refractivity contribution >= 4 is 22.6 Å². The average Bonchev–Trinajstić information content (AvgIpc) is 2.06. The molecule has 13 heavy (non-hydrogen) atoms. The molecule has 0 aliphatic rings. The molecule has 1 N–H and O–H groups in total. The fourth-order valence-corrected chi connectivity index (χ4v) is 0.705. The van der Waals surface area contributed by atoms with Gasteiger partial charge in [-0.3, -0.25) is 4.98 Å². The van der Waals surface area contributed by atoms with Gasteiger partial charge >= 0.3 is 0 Å². The smallest absolute Gasteiger partial charge is 0.0271 e. The Balaban J connectivity index is 0.000000310. The van der Waals surface area contributed by atoms with Gasteiger partial charge in [-0.15, -0.1) is 0 Å². The number of nitrogens with one attached hydrogen (secondary N) is 1. The van der Waals surface area contributed by atoms with Crippen LogP contribution in [-0.2, 0) is 6.54 Å². The summed E-state index contributed by atoms with van der Waals surface area (Å²) in [5.74, 6) is 0. The largest absolute Gasteiger partial charge is 0.316 e. The van der Waals surface area contributed by atoms with E-state index in [1.807, 2.05) is 19.2 Å². The van der Waals surface area contributed by atoms with E-state index in [2.05, 4.69) is 46.7 Å². The summed E-state index contributed by atoms with van der Waals surface area (Å²) in [5, 5.41) is 3.06. The molecule has 0 fully saturated rings. The maximum Gasteiger partial charge on any atom is 0.0271 e. The van der Waals surface area contributed by atoms with Crippen molar-refractivity contribution in [2.45, 2.75) is 24.3 Å².